The van der Waals surface area contributed by atoms with Crippen LogP contribution < -0.4 is 5.32 Å². The summed E-state index contributed by atoms with van der Waals surface area (Å²) in [5.74, 6) is -0.899. The molecule has 20 heavy (non-hydrogen) atoms. The lowest BCUT2D eigenvalue weighted by Crippen LogP contribution is -2.31. The number of carboxylic acid groups (broad SMARTS) is 1. The maximum Gasteiger partial charge on any atom is 0.303 e. The number of non-ortho nitro benzene ring substituents is 1. The Balaban J connectivity index is 2.94. The molecular formula is C13H15N3O4. The third-order valence-electron chi connectivity index (χ3n) is 2.77. The molecule has 0 aliphatic heterocycles. The highest BCUT2D eigenvalue weighted by molar-refractivity contribution is 5.67. The molecule has 1 aromatic carbocycles. The van der Waals surface area contributed by atoms with Crippen molar-refractivity contribution in [2.24, 2.45) is 0 Å². The maximum atomic E-state index is 10.7. The van der Waals surface area contributed by atoms with E-state index in [2.05, 4.69) is 5.32 Å². The fraction of sp³-hybridized carbons (Fsp3) is 0.385. The fourth-order valence-corrected chi connectivity index (χ4v) is 1.69. The van der Waals surface area contributed by atoms with Gasteiger partial charge in [0.1, 0.15) is 6.07 Å². The first-order valence-electron chi connectivity index (χ1n) is 5.94. The average molecular weight is 277 g/mol. The van der Waals surface area contributed by atoms with E-state index in [4.69, 9.17) is 10.4 Å². The fourth-order valence-electron chi connectivity index (χ4n) is 1.69. The molecule has 0 amide bonds. The highest BCUT2D eigenvalue weighted by Gasteiger charge is 2.21. The lowest BCUT2D eigenvalue weighted by molar-refractivity contribution is -0.384. The number of benzene rings is 1. The summed E-state index contributed by atoms with van der Waals surface area (Å²) in [7, 11) is 0. The lowest BCUT2D eigenvalue weighted by Gasteiger charge is -2.27. The van der Waals surface area contributed by atoms with Gasteiger partial charge in [0.2, 0.25) is 0 Å². The van der Waals surface area contributed by atoms with Crippen molar-refractivity contribution in [2.45, 2.75) is 32.2 Å². The summed E-state index contributed by atoms with van der Waals surface area (Å²) < 4.78 is 0. The van der Waals surface area contributed by atoms with Gasteiger partial charge >= 0.3 is 5.97 Å². The number of nitro benzene ring substituents is 1. The Hall–Kier alpha value is -2.62. The number of nitrogens with one attached hydrogen (secondary N) is 1. The van der Waals surface area contributed by atoms with Gasteiger partial charge in [-0.05, 0) is 26.3 Å². The maximum absolute atomic E-state index is 10.7. The Morgan fingerprint density at radius 2 is 2.20 bits per heavy atom. The number of hydrogen-bond donors (Lipinski definition) is 2. The van der Waals surface area contributed by atoms with Crippen LogP contribution in [0.3, 0.4) is 0 Å². The molecule has 1 aromatic rings. The first-order chi connectivity index (χ1) is 9.25. The van der Waals surface area contributed by atoms with Gasteiger partial charge in [0.15, 0.2) is 0 Å². The van der Waals surface area contributed by atoms with Crippen LogP contribution in [0.4, 0.5) is 11.4 Å². The van der Waals surface area contributed by atoms with Crippen molar-refractivity contribution >= 4 is 17.3 Å². The predicted molar refractivity (Wildman–Crippen MR) is 72.4 cm³/mol. The lowest BCUT2D eigenvalue weighted by atomic mass is 9.97. The minimum atomic E-state index is -0.899. The van der Waals surface area contributed by atoms with Gasteiger partial charge in [-0.1, -0.05) is 0 Å². The van der Waals surface area contributed by atoms with E-state index in [-0.39, 0.29) is 17.7 Å². The van der Waals surface area contributed by atoms with Crippen molar-refractivity contribution < 1.29 is 14.8 Å². The van der Waals surface area contributed by atoms with E-state index in [1.165, 1.54) is 18.2 Å². The van der Waals surface area contributed by atoms with Gasteiger partial charge < -0.3 is 10.4 Å². The van der Waals surface area contributed by atoms with Gasteiger partial charge in [0.25, 0.3) is 5.69 Å². The van der Waals surface area contributed by atoms with E-state index < -0.39 is 16.4 Å². The zero-order chi connectivity index (χ0) is 15.3. The quantitative estimate of drug-likeness (QED) is 0.609. The number of carboxylic acids is 1. The minimum absolute atomic E-state index is 0.00509. The topological polar surface area (TPSA) is 116 Å². The SMILES string of the molecule is CC(C)(CCC(=O)O)Nc1ccc([N+](=O)[O-])cc1C#N. The van der Waals surface area contributed by atoms with Crippen LogP contribution in [0.2, 0.25) is 0 Å². The highest BCUT2D eigenvalue weighted by Crippen LogP contribution is 2.26. The molecule has 0 saturated carbocycles. The van der Waals surface area contributed by atoms with Crippen LogP contribution in [0.15, 0.2) is 18.2 Å². The molecule has 1 rings (SSSR count). The Kier molecular flexibility index (Phi) is 4.64. The molecule has 0 heterocycles. The largest absolute Gasteiger partial charge is 0.481 e. The molecule has 2 N–H and O–H groups in total. The van der Waals surface area contributed by atoms with Crippen LogP contribution in [0.1, 0.15) is 32.3 Å². The Labute approximate surface area is 116 Å². The zero-order valence-electron chi connectivity index (χ0n) is 11.2. The van der Waals surface area contributed by atoms with Crippen molar-refractivity contribution in [1.29, 1.82) is 5.26 Å². The van der Waals surface area contributed by atoms with Gasteiger partial charge in [0.05, 0.1) is 16.2 Å². The Bertz CT molecular complexity index is 575. The number of aliphatic carboxylic acids is 1. The summed E-state index contributed by atoms with van der Waals surface area (Å²) in [6.45, 7) is 3.61. The second-order valence-electron chi connectivity index (χ2n) is 5.00. The van der Waals surface area contributed by atoms with Crippen LogP contribution in [0.25, 0.3) is 0 Å². The number of rotatable bonds is 6. The molecule has 0 saturated heterocycles. The van der Waals surface area contributed by atoms with E-state index in [0.717, 1.165) is 0 Å². The molecule has 0 aromatic heterocycles. The number of anilines is 1. The molecule has 7 heteroatoms. The third-order valence-corrected chi connectivity index (χ3v) is 2.77. The Morgan fingerprint density at radius 3 is 2.70 bits per heavy atom. The molecule has 0 aliphatic carbocycles. The molecule has 0 aliphatic rings. The van der Waals surface area contributed by atoms with Crippen LogP contribution in [0.5, 0.6) is 0 Å². The van der Waals surface area contributed by atoms with Gasteiger partial charge in [-0.15, -0.1) is 0 Å². The average Bonchev–Trinajstić information content (AvgIpc) is 2.36. The number of carbonyl (C=O) groups is 1. The molecule has 106 valence electrons. The molecule has 0 fully saturated rings. The monoisotopic (exact) mass is 277 g/mol. The van der Waals surface area contributed by atoms with Crippen molar-refractivity contribution in [3.8, 4) is 6.07 Å². The standard InChI is InChI=1S/C13H15N3O4/c1-13(2,6-5-12(17)18)15-11-4-3-10(16(19)20)7-9(11)8-14/h3-4,7,15H,5-6H2,1-2H3,(H,17,18). The van der Waals surface area contributed by atoms with Gasteiger partial charge in [-0.3, -0.25) is 14.9 Å². The molecule has 0 radical (unpaired) electrons. The summed E-state index contributed by atoms with van der Waals surface area (Å²) in [6, 6.07) is 5.84. The summed E-state index contributed by atoms with van der Waals surface area (Å²) in [5.41, 5.74) is -0.0911. The van der Waals surface area contributed by atoms with Crippen LogP contribution in [-0.2, 0) is 4.79 Å². The summed E-state index contributed by atoms with van der Waals surface area (Å²) in [5, 5.41) is 31.4. The zero-order valence-corrected chi connectivity index (χ0v) is 11.2. The number of hydrogen-bond acceptors (Lipinski definition) is 5. The van der Waals surface area contributed by atoms with Crippen molar-refractivity contribution in [2.75, 3.05) is 5.32 Å². The van der Waals surface area contributed by atoms with E-state index >= 15 is 0 Å². The van der Waals surface area contributed by atoms with E-state index in [9.17, 15) is 14.9 Å². The first-order valence-corrected chi connectivity index (χ1v) is 5.94. The van der Waals surface area contributed by atoms with E-state index in [1.54, 1.807) is 13.8 Å². The summed E-state index contributed by atoms with van der Waals surface area (Å²) in [4.78, 5) is 20.7. The predicted octanol–water partition coefficient (Wildman–Crippen LogP) is 2.52. The third kappa shape index (κ3) is 4.24. The summed E-state index contributed by atoms with van der Waals surface area (Å²) >= 11 is 0. The number of nitro groups is 1. The van der Waals surface area contributed by atoms with Crippen LogP contribution >= 0.6 is 0 Å². The normalized spacial score (nSPS) is 10.7. The van der Waals surface area contributed by atoms with E-state index in [1.807, 2.05) is 6.07 Å². The number of nitriles is 1. The van der Waals surface area contributed by atoms with Gasteiger partial charge in [-0.2, -0.15) is 5.26 Å². The van der Waals surface area contributed by atoms with Crippen LogP contribution in [0, 0.1) is 21.4 Å². The van der Waals surface area contributed by atoms with Gasteiger partial charge in [-0.25, -0.2) is 0 Å². The molecule has 0 bridgehead atoms. The van der Waals surface area contributed by atoms with E-state index in [0.29, 0.717) is 12.1 Å². The molecular weight excluding hydrogens is 262 g/mol. The second kappa shape index (κ2) is 6.02. The smallest absolute Gasteiger partial charge is 0.303 e. The van der Waals surface area contributed by atoms with Crippen LogP contribution in [-0.4, -0.2) is 21.5 Å². The molecule has 0 unspecified atom stereocenters. The molecule has 0 atom stereocenters. The Morgan fingerprint density at radius 1 is 1.55 bits per heavy atom. The minimum Gasteiger partial charge on any atom is -0.481 e. The molecule has 0 spiro atoms. The van der Waals surface area contributed by atoms with Crippen molar-refractivity contribution in [3.05, 3.63) is 33.9 Å². The highest BCUT2D eigenvalue weighted by atomic mass is 16.6. The van der Waals surface area contributed by atoms with Crippen molar-refractivity contribution in [1.82, 2.24) is 0 Å². The molecule has 7 nitrogen and oxygen atoms in total. The number of nitrogens with zero attached hydrogens (tertiary/aromatic N) is 2. The summed E-state index contributed by atoms with van der Waals surface area (Å²) in [6.07, 6.45) is 0.360. The van der Waals surface area contributed by atoms with Crippen molar-refractivity contribution in [3.63, 3.8) is 0 Å². The van der Waals surface area contributed by atoms with Gasteiger partial charge in [0, 0.05) is 24.1 Å². The second-order valence-corrected chi connectivity index (χ2v) is 5.00. The first kappa shape index (κ1) is 15.4.